The van der Waals surface area contributed by atoms with E-state index in [4.69, 9.17) is 19.7 Å². The van der Waals surface area contributed by atoms with Crippen LogP contribution in [0.1, 0.15) is 26.2 Å². The molecular weight excluding hydrogens is 280 g/mol. The molecular formula is C13H18N2O6. The van der Waals surface area contributed by atoms with E-state index in [2.05, 4.69) is 9.53 Å². The predicted octanol–water partition coefficient (Wildman–Crippen LogP) is 0.307. The Kier molecular flexibility index (Phi) is 4.53. The topological polar surface area (TPSA) is 107 Å². The van der Waals surface area contributed by atoms with E-state index in [1.807, 2.05) is 6.92 Å². The van der Waals surface area contributed by atoms with Crippen molar-refractivity contribution in [2.24, 2.45) is 5.41 Å². The number of Topliss-reactive ketones (excluding diaryl/α,β-unsaturated/α-hetero) is 1. The van der Waals surface area contributed by atoms with Crippen LogP contribution in [0.4, 0.5) is 0 Å². The van der Waals surface area contributed by atoms with Gasteiger partial charge in [-0.25, -0.2) is 4.79 Å². The molecule has 3 aliphatic rings. The summed E-state index contributed by atoms with van der Waals surface area (Å²) in [7, 11) is 1.11. The highest BCUT2D eigenvalue weighted by Gasteiger charge is 2.50. The summed E-state index contributed by atoms with van der Waals surface area (Å²) in [5.74, 6) is -2.66. The van der Waals surface area contributed by atoms with Gasteiger partial charge in [0.1, 0.15) is 0 Å². The van der Waals surface area contributed by atoms with Gasteiger partial charge < -0.3 is 24.5 Å². The smallest absolute Gasteiger partial charge is 0.441 e. The number of hydrogen-bond donors (Lipinski definition) is 0. The van der Waals surface area contributed by atoms with Crippen molar-refractivity contribution in [2.45, 2.75) is 32.2 Å². The molecule has 0 radical (unpaired) electrons. The molecule has 0 aromatic rings. The zero-order valence-electron chi connectivity index (χ0n) is 12.1. The van der Waals surface area contributed by atoms with Crippen molar-refractivity contribution in [3.8, 4) is 0 Å². The Balaban J connectivity index is 1.83. The van der Waals surface area contributed by atoms with E-state index in [1.54, 1.807) is 0 Å². The molecule has 0 unspecified atom stereocenters. The molecule has 0 saturated carbocycles. The summed E-state index contributed by atoms with van der Waals surface area (Å²) in [5, 5.41) is 0. The molecule has 0 N–H and O–H groups in total. The zero-order valence-corrected chi connectivity index (χ0v) is 12.1. The number of esters is 1. The number of fused-ring (bicyclic) bond motifs is 3. The molecule has 8 heteroatoms. The Morgan fingerprint density at radius 1 is 1.24 bits per heavy atom. The number of carbonyl (C=O) groups is 2. The third kappa shape index (κ3) is 3.36. The Labute approximate surface area is 121 Å². The van der Waals surface area contributed by atoms with Gasteiger partial charge in [0.15, 0.2) is 0 Å². The number of hydrogen-bond acceptors (Lipinski definition) is 6. The summed E-state index contributed by atoms with van der Waals surface area (Å²) in [4.78, 5) is 25.6. The van der Waals surface area contributed by atoms with E-state index in [9.17, 15) is 9.59 Å². The molecule has 8 nitrogen and oxygen atoms in total. The molecule has 0 aromatic carbocycles. The lowest BCUT2D eigenvalue weighted by Gasteiger charge is -2.50. The van der Waals surface area contributed by atoms with Crippen LogP contribution in [0.15, 0.2) is 0 Å². The molecule has 3 aliphatic heterocycles. The van der Waals surface area contributed by atoms with E-state index >= 15 is 0 Å². The molecule has 0 aliphatic carbocycles. The fraction of sp³-hybridized carbons (Fsp3) is 0.769. The second-order valence-electron chi connectivity index (χ2n) is 5.58. The van der Waals surface area contributed by atoms with Gasteiger partial charge in [-0.05, 0) is 6.42 Å². The lowest BCUT2D eigenvalue weighted by Crippen LogP contribution is -2.58. The number of nitrogens with zero attached hydrogens (tertiary/aromatic N) is 2. The molecule has 3 fully saturated rings. The van der Waals surface area contributed by atoms with Gasteiger partial charge in [-0.3, -0.25) is 4.79 Å². The van der Waals surface area contributed by atoms with Crippen molar-refractivity contribution in [2.75, 3.05) is 26.9 Å². The van der Waals surface area contributed by atoms with Crippen molar-refractivity contribution in [1.29, 1.82) is 0 Å². The second kappa shape index (κ2) is 6.03. The highest BCUT2D eigenvalue weighted by atomic mass is 16.9. The third-order valence-corrected chi connectivity index (χ3v) is 3.55. The molecule has 3 saturated heterocycles. The van der Waals surface area contributed by atoms with Crippen LogP contribution in [-0.2, 0) is 28.5 Å². The van der Waals surface area contributed by atoms with Crippen LogP contribution < -0.4 is 0 Å². The van der Waals surface area contributed by atoms with Gasteiger partial charge in [0, 0.05) is 18.3 Å². The third-order valence-electron chi connectivity index (χ3n) is 3.55. The first-order valence-corrected chi connectivity index (χ1v) is 6.69. The maximum atomic E-state index is 11.8. The minimum atomic E-state index is -1.10. The fourth-order valence-electron chi connectivity index (χ4n) is 2.21. The average molecular weight is 298 g/mol. The first-order chi connectivity index (χ1) is 9.94. The maximum Gasteiger partial charge on any atom is 0.441 e. The number of methoxy groups -OCH3 is 1. The van der Waals surface area contributed by atoms with Crippen molar-refractivity contribution >= 4 is 17.5 Å². The van der Waals surface area contributed by atoms with Gasteiger partial charge in [0.05, 0.1) is 26.9 Å². The number of ketones is 1. The normalized spacial score (nSPS) is 30.6. The number of rotatable bonds is 6. The van der Waals surface area contributed by atoms with Crippen LogP contribution >= 0.6 is 0 Å². The Morgan fingerprint density at radius 2 is 1.81 bits per heavy atom. The number of ether oxygens (including phenoxy) is 4. The van der Waals surface area contributed by atoms with E-state index in [0.29, 0.717) is 32.7 Å². The van der Waals surface area contributed by atoms with Crippen LogP contribution in [0.25, 0.3) is 5.53 Å². The largest absolute Gasteiger partial charge is 0.460 e. The first-order valence-electron chi connectivity index (χ1n) is 6.69. The van der Waals surface area contributed by atoms with Crippen LogP contribution in [0.3, 0.4) is 0 Å². The lowest BCUT2D eigenvalue weighted by molar-refractivity contribution is -0.467. The minimum Gasteiger partial charge on any atom is -0.460 e. The van der Waals surface area contributed by atoms with Crippen molar-refractivity contribution in [3.63, 3.8) is 0 Å². The fourth-order valence-corrected chi connectivity index (χ4v) is 2.21. The molecule has 0 aromatic heterocycles. The van der Waals surface area contributed by atoms with Crippen LogP contribution in [0.2, 0.25) is 0 Å². The molecule has 3 rings (SSSR count). The second-order valence-corrected chi connectivity index (χ2v) is 5.58. The van der Waals surface area contributed by atoms with E-state index in [-0.39, 0.29) is 11.8 Å². The zero-order chi connectivity index (χ0) is 15.5. The average Bonchev–Trinajstić information content (AvgIpc) is 2.49. The van der Waals surface area contributed by atoms with Gasteiger partial charge >= 0.3 is 11.7 Å². The quantitative estimate of drug-likeness (QED) is 0.229. The molecule has 0 atom stereocenters. The summed E-state index contributed by atoms with van der Waals surface area (Å²) in [6.45, 7) is 3.66. The summed E-state index contributed by atoms with van der Waals surface area (Å²) >= 11 is 0. The first kappa shape index (κ1) is 15.8. The van der Waals surface area contributed by atoms with E-state index in [1.165, 1.54) is 0 Å². The SMILES string of the molecule is COC(=O)C(=[N+]=[N-])C(=O)CCCC12OCC(C)(CO1)CO2. The van der Waals surface area contributed by atoms with Crippen molar-refractivity contribution in [1.82, 2.24) is 0 Å². The summed E-state index contributed by atoms with van der Waals surface area (Å²) < 4.78 is 21.1. The van der Waals surface area contributed by atoms with Crippen LogP contribution in [0.5, 0.6) is 0 Å². The van der Waals surface area contributed by atoms with Gasteiger partial charge in [0.25, 0.3) is 11.8 Å². The molecule has 116 valence electrons. The predicted molar refractivity (Wildman–Crippen MR) is 68.2 cm³/mol. The van der Waals surface area contributed by atoms with Gasteiger partial charge in [-0.1, -0.05) is 6.92 Å². The molecule has 3 heterocycles. The molecule has 21 heavy (non-hydrogen) atoms. The Morgan fingerprint density at radius 3 is 2.29 bits per heavy atom. The van der Waals surface area contributed by atoms with E-state index < -0.39 is 23.4 Å². The number of carbonyl (C=O) groups excluding carboxylic acids is 2. The van der Waals surface area contributed by atoms with Gasteiger partial charge in [-0.15, -0.1) is 0 Å². The maximum absolute atomic E-state index is 11.8. The molecule has 2 bridgehead atoms. The van der Waals surface area contributed by atoms with Crippen LogP contribution in [-0.4, -0.2) is 55.2 Å². The summed E-state index contributed by atoms with van der Waals surface area (Å²) in [6, 6.07) is 0. The van der Waals surface area contributed by atoms with Crippen molar-refractivity contribution < 1.29 is 33.3 Å². The van der Waals surface area contributed by atoms with Crippen LogP contribution in [0, 0.1) is 5.41 Å². The van der Waals surface area contributed by atoms with E-state index in [0.717, 1.165) is 7.11 Å². The van der Waals surface area contributed by atoms with Crippen molar-refractivity contribution in [3.05, 3.63) is 5.53 Å². The molecule has 0 amide bonds. The highest BCUT2D eigenvalue weighted by molar-refractivity contribution is 6.62. The minimum absolute atomic E-state index is 0.00356. The molecule has 0 spiro atoms. The summed E-state index contributed by atoms with van der Waals surface area (Å²) in [5.41, 5.74) is 7.94. The van der Waals surface area contributed by atoms with Gasteiger partial charge in [-0.2, -0.15) is 4.79 Å². The highest BCUT2D eigenvalue weighted by Crippen LogP contribution is 2.40. The Bertz CT molecular complexity index is 472. The van der Waals surface area contributed by atoms with Gasteiger partial charge in [0.2, 0.25) is 0 Å². The Hall–Kier alpha value is -1.60. The monoisotopic (exact) mass is 298 g/mol. The summed E-state index contributed by atoms with van der Waals surface area (Å²) in [6.07, 6.45) is 0.726. The lowest BCUT2D eigenvalue weighted by atomic mass is 9.91. The standard InChI is InChI=1S/C13H18N2O6/c1-12-6-19-13(20-7-12,21-8-12)5-3-4-9(16)10(15-14)11(17)18-2/h3-8H2,1-2H3.